The second-order valence-electron chi connectivity index (χ2n) is 10.4. The summed E-state index contributed by atoms with van der Waals surface area (Å²) < 4.78 is 0. The molecule has 0 bridgehead atoms. The molecule has 0 aliphatic carbocycles. The van der Waals surface area contributed by atoms with E-state index in [1.807, 2.05) is 43.0 Å². The quantitative estimate of drug-likeness (QED) is 0.396. The molecule has 0 spiro atoms. The van der Waals surface area contributed by atoms with Crippen LogP contribution in [0.4, 0.5) is 0 Å². The van der Waals surface area contributed by atoms with E-state index in [0.29, 0.717) is 23.5 Å². The summed E-state index contributed by atoms with van der Waals surface area (Å²) in [7, 11) is 0. The van der Waals surface area contributed by atoms with Crippen LogP contribution in [-0.4, -0.2) is 31.1 Å². The molecule has 6 heteroatoms. The van der Waals surface area contributed by atoms with Crippen LogP contribution in [0.25, 0.3) is 11.3 Å². The molecule has 1 aliphatic heterocycles. The zero-order chi connectivity index (χ0) is 24.9. The van der Waals surface area contributed by atoms with Gasteiger partial charge >= 0.3 is 0 Å². The number of aryl methyl sites for hydroxylation is 2. The number of aromatic amines is 1. The molecule has 3 heterocycles. The smallest absolute Gasteiger partial charge is 0.273 e. The van der Waals surface area contributed by atoms with Gasteiger partial charge in [-0.1, -0.05) is 57.2 Å². The number of aromatic nitrogens is 3. The number of nitrogens with zero attached hydrogens (tertiary/aromatic N) is 3. The van der Waals surface area contributed by atoms with E-state index < -0.39 is 0 Å². The van der Waals surface area contributed by atoms with Crippen molar-refractivity contribution in [2.75, 3.05) is 0 Å². The maximum Gasteiger partial charge on any atom is 0.273 e. The number of hydrogen-bond donors (Lipinski definition) is 2. The van der Waals surface area contributed by atoms with Gasteiger partial charge in [-0.05, 0) is 59.2 Å². The minimum Gasteiger partial charge on any atom is -0.507 e. The Morgan fingerprint density at radius 3 is 2.49 bits per heavy atom. The lowest BCUT2D eigenvalue weighted by molar-refractivity contribution is 0.0730. The molecule has 1 amide bonds. The van der Waals surface area contributed by atoms with Crippen molar-refractivity contribution in [2.24, 2.45) is 0 Å². The largest absolute Gasteiger partial charge is 0.507 e. The van der Waals surface area contributed by atoms with Crippen LogP contribution in [0.3, 0.4) is 0 Å². The molecule has 0 radical (unpaired) electrons. The van der Waals surface area contributed by atoms with Crippen LogP contribution >= 0.6 is 0 Å². The van der Waals surface area contributed by atoms with Crippen LogP contribution in [-0.2, 0) is 12.0 Å². The summed E-state index contributed by atoms with van der Waals surface area (Å²) in [5.41, 5.74) is 7.50. The number of carbonyl (C=O) groups excluding carboxylic acids is 1. The van der Waals surface area contributed by atoms with E-state index in [2.05, 4.69) is 60.2 Å². The molecule has 1 atom stereocenters. The van der Waals surface area contributed by atoms with E-state index in [9.17, 15) is 9.90 Å². The lowest BCUT2D eigenvalue weighted by Gasteiger charge is -2.27. The molecule has 0 fully saturated rings. The number of carbonyl (C=O) groups is 1. The summed E-state index contributed by atoms with van der Waals surface area (Å²) in [4.78, 5) is 19.7. The molecule has 2 N–H and O–H groups in total. The minimum absolute atomic E-state index is 0.0241. The van der Waals surface area contributed by atoms with Crippen molar-refractivity contribution in [1.82, 2.24) is 20.1 Å². The molecule has 35 heavy (non-hydrogen) atoms. The summed E-state index contributed by atoms with van der Waals surface area (Å²) in [5, 5.41) is 18.4. The maximum atomic E-state index is 13.6. The number of nitrogens with one attached hydrogen (secondary N) is 1. The summed E-state index contributed by atoms with van der Waals surface area (Å²) in [6, 6.07) is 15.8. The number of hydrogen-bond acceptors (Lipinski definition) is 4. The first-order chi connectivity index (χ1) is 16.6. The zero-order valence-corrected chi connectivity index (χ0v) is 20.8. The van der Waals surface area contributed by atoms with E-state index in [1.54, 1.807) is 12.4 Å². The van der Waals surface area contributed by atoms with Gasteiger partial charge in [0.1, 0.15) is 17.1 Å². The van der Waals surface area contributed by atoms with Crippen LogP contribution in [0.1, 0.15) is 70.7 Å². The summed E-state index contributed by atoms with van der Waals surface area (Å²) in [5.74, 6) is 0.0706. The highest BCUT2D eigenvalue weighted by Crippen LogP contribution is 2.46. The second kappa shape index (κ2) is 8.38. The van der Waals surface area contributed by atoms with E-state index in [4.69, 9.17) is 0 Å². The van der Waals surface area contributed by atoms with Crippen molar-refractivity contribution in [1.29, 1.82) is 0 Å². The van der Waals surface area contributed by atoms with Crippen molar-refractivity contribution in [3.05, 3.63) is 100.0 Å². The fourth-order valence-electron chi connectivity index (χ4n) is 4.91. The zero-order valence-electron chi connectivity index (χ0n) is 20.8. The Morgan fingerprint density at radius 1 is 1.09 bits per heavy atom. The average molecular weight is 467 g/mol. The summed E-state index contributed by atoms with van der Waals surface area (Å²) >= 11 is 0. The highest BCUT2D eigenvalue weighted by molar-refractivity contribution is 6.00. The normalized spacial score (nSPS) is 15.5. The number of aromatic hydroxyl groups is 1. The lowest BCUT2D eigenvalue weighted by atomic mass is 9.85. The molecular formula is C29H30N4O2. The van der Waals surface area contributed by atoms with Gasteiger partial charge in [0.05, 0.1) is 6.04 Å². The summed E-state index contributed by atoms with van der Waals surface area (Å²) in [6.45, 7) is 10.8. The molecule has 4 aromatic rings. The minimum atomic E-state index is -0.347. The van der Waals surface area contributed by atoms with Gasteiger partial charge in [0.15, 0.2) is 0 Å². The molecule has 5 rings (SSSR count). The van der Waals surface area contributed by atoms with Gasteiger partial charge in [0, 0.05) is 30.1 Å². The first kappa shape index (κ1) is 22.8. The topological polar surface area (TPSA) is 82.1 Å². The first-order valence-electron chi connectivity index (χ1n) is 11.8. The van der Waals surface area contributed by atoms with Gasteiger partial charge in [-0.15, -0.1) is 0 Å². The Kier molecular flexibility index (Phi) is 5.47. The Morgan fingerprint density at radius 2 is 1.83 bits per heavy atom. The highest BCUT2D eigenvalue weighted by Gasteiger charge is 2.42. The van der Waals surface area contributed by atoms with Crippen LogP contribution in [0.5, 0.6) is 5.75 Å². The molecule has 2 aromatic carbocycles. The maximum absolute atomic E-state index is 13.6. The van der Waals surface area contributed by atoms with Gasteiger partial charge in [0.2, 0.25) is 0 Å². The summed E-state index contributed by atoms with van der Waals surface area (Å²) in [6.07, 6.45) is 3.51. The molecule has 0 saturated heterocycles. The molecule has 178 valence electrons. The Balaban J connectivity index is 1.68. The number of H-pyrrole nitrogens is 1. The van der Waals surface area contributed by atoms with Gasteiger partial charge in [-0.3, -0.25) is 14.9 Å². The predicted molar refractivity (Wildman–Crippen MR) is 136 cm³/mol. The van der Waals surface area contributed by atoms with Crippen LogP contribution in [0.15, 0.2) is 60.9 Å². The standard InChI is InChI=1S/C29H30N4O2/c1-17-13-18(2)27(34)22(14-17)24-23-25(32-31-24)28(35)33(16-19-7-6-12-30-15-19)26(23)20-8-10-21(11-9-20)29(3,4)5/h6-15,26,34H,16H2,1-5H3,(H,31,32). The molecule has 2 aromatic heterocycles. The SMILES string of the molecule is Cc1cc(C)c(O)c(-c2n[nH]c3c2C(c2ccc(C(C)(C)C)cc2)N(Cc2cccnc2)C3=O)c1. The molecular weight excluding hydrogens is 436 g/mol. The fraction of sp³-hybridized carbons (Fsp3) is 0.276. The monoisotopic (exact) mass is 466 g/mol. The van der Waals surface area contributed by atoms with Crippen LogP contribution in [0.2, 0.25) is 0 Å². The molecule has 6 nitrogen and oxygen atoms in total. The number of pyridine rings is 1. The van der Waals surface area contributed by atoms with Crippen LogP contribution < -0.4 is 0 Å². The van der Waals surface area contributed by atoms with E-state index in [0.717, 1.165) is 27.8 Å². The van der Waals surface area contributed by atoms with Crippen molar-refractivity contribution < 1.29 is 9.90 Å². The number of amides is 1. The van der Waals surface area contributed by atoms with E-state index >= 15 is 0 Å². The lowest BCUT2D eigenvalue weighted by Crippen LogP contribution is -2.29. The molecule has 0 saturated carbocycles. The van der Waals surface area contributed by atoms with Crippen molar-refractivity contribution in [3.8, 4) is 17.0 Å². The van der Waals surface area contributed by atoms with Gasteiger partial charge in [0.25, 0.3) is 5.91 Å². The number of phenols is 1. The third-order valence-corrected chi connectivity index (χ3v) is 6.73. The van der Waals surface area contributed by atoms with Gasteiger partial charge < -0.3 is 10.0 Å². The third kappa shape index (κ3) is 3.99. The molecule has 1 aliphatic rings. The average Bonchev–Trinajstić information content (AvgIpc) is 3.36. The fourth-order valence-corrected chi connectivity index (χ4v) is 4.91. The van der Waals surface area contributed by atoms with Crippen LogP contribution in [0, 0.1) is 13.8 Å². The second-order valence-corrected chi connectivity index (χ2v) is 10.4. The third-order valence-electron chi connectivity index (χ3n) is 6.73. The Bertz CT molecular complexity index is 1400. The van der Waals surface area contributed by atoms with Crippen molar-refractivity contribution in [2.45, 2.75) is 52.6 Å². The van der Waals surface area contributed by atoms with Crippen molar-refractivity contribution in [3.63, 3.8) is 0 Å². The number of phenolic OH excluding ortho intramolecular Hbond substituents is 1. The number of benzene rings is 2. The van der Waals surface area contributed by atoms with E-state index in [-0.39, 0.29) is 23.1 Å². The first-order valence-corrected chi connectivity index (χ1v) is 11.8. The Labute approximate surface area is 205 Å². The Hall–Kier alpha value is -3.93. The van der Waals surface area contributed by atoms with Gasteiger partial charge in [-0.25, -0.2) is 0 Å². The number of rotatable bonds is 4. The molecule has 1 unspecified atom stereocenters. The predicted octanol–water partition coefficient (Wildman–Crippen LogP) is 5.84. The van der Waals surface area contributed by atoms with Crippen molar-refractivity contribution >= 4 is 5.91 Å². The van der Waals surface area contributed by atoms with E-state index in [1.165, 1.54) is 5.56 Å². The highest BCUT2D eigenvalue weighted by atomic mass is 16.3. The van der Waals surface area contributed by atoms with Gasteiger partial charge in [-0.2, -0.15) is 5.10 Å². The number of fused-ring (bicyclic) bond motifs is 1.